The summed E-state index contributed by atoms with van der Waals surface area (Å²) in [6, 6.07) is 0. The van der Waals surface area contributed by atoms with Crippen LogP contribution in [0.5, 0.6) is 0 Å². The summed E-state index contributed by atoms with van der Waals surface area (Å²) in [4.78, 5) is 12.0. The van der Waals surface area contributed by atoms with Crippen molar-refractivity contribution in [2.24, 2.45) is 34.5 Å². The Morgan fingerprint density at radius 2 is 2.12 bits per heavy atom. The van der Waals surface area contributed by atoms with Crippen LogP contribution in [0.15, 0.2) is 23.8 Å². The Morgan fingerprint density at radius 1 is 1.33 bits per heavy atom. The van der Waals surface area contributed by atoms with Gasteiger partial charge in [-0.25, -0.2) is 0 Å². The molecule has 2 fully saturated rings. The van der Waals surface area contributed by atoms with Crippen molar-refractivity contribution in [2.45, 2.75) is 71.8 Å². The summed E-state index contributed by atoms with van der Waals surface area (Å²) in [5.41, 5.74) is 1.73. The van der Waals surface area contributed by atoms with Crippen molar-refractivity contribution in [3.05, 3.63) is 23.8 Å². The number of allylic oxidation sites excluding steroid dienone is 3. The Bertz CT molecular complexity index is 603. The fourth-order valence-electron chi connectivity index (χ4n) is 7.03. The maximum absolute atomic E-state index is 12.0. The quantitative estimate of drug-likeness (QED) is 0.710. The number of carbonyl (C=O) groups excluding carboxylic acids is 1. The van der Waals surface area contributed by atoms with E-state index >= 15 is 0 Å². The number of fused-ring (bicyclic) bond motifs is 5. The Balaban J connectivity index is 1.77. The first-order chi connectivity index (χ1) is 11.4. The van der Waals surface area contributed by atoms with Crippen LogP contribution in [-0.2, 0) is 4.79 Å². The van der Waals surface area contributed by atoms with Crippen LogP contribution in [0.25, 0.3) is 0 Å². The molecule has 0 aromatic rings. The highest BCUT2D eigenvalue weighted by molar-refractivity contribution is 5.91. The Morgan fingerprint density at radius 3 is 2.88 bits per heavy atom. The highest BCUT2D eigenvalue weighted by atomic mass is 16.3. The average Bonchev–Trinajstić information content (AvgIpc) is 2.57. The molecule has 0 bridgehead atoms. The van der Waals surface area contributed by atoms with Gasteiger partial charge in [0.25, 0.3) is 0 Å². The molecule has 0 aliphatic heterocycles. The van der Waals surface area contributed by atoms with Crippen LogP contribution in [0.3, 0.4) is 0 Å². The van der Waals surface area contributed by atoms with Crippen molar-refractivity contribution in [2.75, 3.05) is 0 Å². The number of aliphatic hydroxyl groups excluding tert-OH is 1. The van der Waals surface area contributed by atoms with E-state index in [2.05, 4.69) is 32.9 Å². The third-order valence-corrected chi connectivity index (χ3v) is 8.47. The van der Waals surface area contributed by atoms with E-state index in [1.807, 2.05) is 6.08 Å². The van der Waals surface area contributed by atoms with Crippen LogP contribution < -0.4 is 0 Å². The average molecular weight is 328 g/mol. The van der Waals surface area contributed by atoms with Crippen molar-refractivity contribution in [1.29, 1.82) is 0 Å². The van der Waals surface area contributed by atoms with Gasteiger partial charge < -0.3 is 5.11 Å². The van der Waals surface area contributed by atoms with Gasteiger partial charge >= 0.3 is 0 Å². The van der Waals surface area contributed by atoms with Crippen molar-refractivity contribution in [3.63, 3.8) is 0 Å². The lowest BCUT2D eigenvalue weighted by molar-refractivity contribution is -0.127. The molecule has 132 valence electrons. The highest BCUT2D eigenvalue weighted by Gasteiger charge is 2.59. The minimum atomic E-state index is -0.177. The van der Waals surface area contributed by atoms with Crippen molar-refractivity contribution < 1.29 is 9.90 Å². The van der Waals surface area contributed by atoms with E-state index in [0.29, 0.717) is 29.5 Å². The SMILES string of the molecule is CC[C@]12CC[C@H]3[C@@H]([C@H](C)CC4=CC(=O)CC[C@@]43C)[C@@H]1C=CC[C@@H]2O. The summed E-state index contributed by atoms with van der Waals surface area (Å²) < 4.78 is 0. The standard InChI is InChI=1S/C22H32O2/c1-4-22-11-9-17-20(18(22)6-5-7-19(22)24)14(2)12-15-13-16(23)8-10-21(15,17)3/h5-6,13-14,17-20,24H,4,7-12H2,1-3H3/t14-,17+,18+,19+,20-,21+,22+/m1/s1. The molecular weight excluding hydrogens is 296 g/mol. The highest BCUT2D eigenvalue weighted by Crippen LogP contribution is 2.65. The molecule has 2 saturated carbocycles. The molecule has 1 N–H and O–H groups in total. The molecule has 4 aliphatic carbocycles. The van der Waals surface area contributed by atoms with Gasteiger partial charge in [0.1, 0.15) is 0 Å². The molecule has 7 atom stereocenters. The van der Waals surface area contributed by atoms with Gasteiger partial charge in [-0.15, -0.1) is 0 Å². The largest absolute Gasteiger partial charge is 0.392 e. The van der Waals surface area contributed by atoms with E-state index in [9.17, 15) is 9.90 Å². The summed E-state index contributed by atoms with van der Waals surface area (Å²) in [5, 5.41) is 10.9. The topological polar surface area (TPSA) is 37.3 Å². The molecule has 4 aliphatic rings. The molecule has 0 radical (unpaired) electrons. The second kappa shape index (κ2) is 5.56. The molecular formula is C22H32O2. The van der Waals surface area contributed by atoms with Gasteiger partial charge in [-0.2, -0.15) is 0 Å². The van der Waals surface area contributed by atoms with E-state index in [1.54, 1.807) is 0 Å². The minimum absolute atomic E-state index is 0.0895. The van der Waals surface area contributed by atoms with Crippen LogP contribution in [0.2, 0.25) is 0 Å². The van der Waals surface area contributed by atoms with E-state index in [1.165, 1.54) is 12.0 Å². The Hall–Kier alpha value is -0.890. The molecule has 0 amide bonds. The third-order valence-electron chi connectivity index (χ3n) is 8.47. The van der Waals surface area contributed by atoms with Crippen LogP contribution >= 0.6 is 0 Å². The second-order valence-corrected chi connectivity index (χ2v) is 9.25. The maximum atomic E-state index is 12.0. The molecule has 2 heteroatoms. The Labute approximate surface area is 146 Å². The summed E-state index contributed by atoms with van der Waals surface area (Å²) in [5.74, 6) is 2.77. The lowest BCUT2D eigenvalue weighted by Gasteiger charge is -2.62. The van der Waals surface area contributed by atoms with Crippen LogP contribution in [0.1, 0.15) is 65.7 Å². The molecule has 4 rings (SSSR count). The molecule has 0 aromatic heterocycles. The predicted octanol–water partition coefficient (Wildman–Crippen LogP) is 4.68. The first kappa shape index (κ1) is 16.6. The van der Waals surface area contributed by atoms with Crippen molar-refractivity contribution >= 4 is 5.78 Å². The predicted molar refractivity (Wildman–Crippen MR) is 96.4 cm³/mol. The molecule has 2 nitrogen and oxygen atoms in total. The number of rotatable bonds is 1. The summed E-state index contributed by atoms with van der Waals surface area (Å²) in [6.45, 7) is 7.09. The summed E-state index contributed by atoms with van der Waals surface area (Å²) in [7, 11) is 0. The summed E-state index contributed by atoms with van der Waals surface area (Å²) in [6.07, 6.45) is 13.6. The van der Waals surface area contributed by atoms with Gasteiger partial charge in [0.15, 0.2) is 5.78 Å². The number of hydrogen-bond donors (Lipinski definition) is 1. The maximum Gasteiger partial charge on any atom is 0.155 e. The first-order valence-electron chi connectivity index (χ1n) is 10.0. The van der Waals surface area contributed by atoms with E-state index in [4.69, 9.17) is 0 Å². The number of carbonyl (C=O) groups is 1. The van der Waals surface area contributed by atoms with Crippen LogP contribution in [-0.4, -0.2) is 17.0 Å². The van der Waals surface area contributed by atoms with Gasteiger partial charge in [-0.05, 0) is 73.7 Å². The van der Waals surface area contributed by atoms with Gasteiger partial charge in [-0.3, -0.25) is 4.79 Å². The zero-order valence-corrected chi connectivity index (χ0v) is 15.4. The Kier molecular flexibility index (Phi) is 3.84. The zero-order valence-electron chi connectivity index (χ0n) is 15.4. The van der Waals surface area contributed by atoms with E-state index in [-0.39, 0.29) is 16.9 Å². The zero-order chi connectivity index (χ0) is 17.1. The molecule has 0 heterocycles. The van der Waals surface area contributed by atoms with E-state index in [0.717, 1.165) is 38.5 Å². The number of hydrogen-bond acceptors (Lipinski definition) is 2. The smallest absolute Gasteiger partial charge is 0.155 e. The lowest BCUT2D eigenvalue weighted by atomic mass is 9.42. The van der Waals surface area contributed by atoms with Crippen molar-refractivity contribution in [1.82, 2.24) is 0 Å². The fourth-order valence-corrected chi connectivity index (χ4v) is 7.03. The fraction of sp³-hybridized carbons (Fsp3) is 0.773. The second-order valence-electron chi connectivity index (χ2n) is 9.25. The van der Waals surface area contributed by atoms with Gasteiger partial charge in [-0.1, -0.05) is 38.5 Å². The van der Waals surface area contributed by atoms with Gasteiger partial charge in [0.2, 0.25) is 0 Å². The molecule has 24 heavy (non-hydrogen) atoms. The minimum Gasteiger partial charge on any atom is -0.392 e. The first-order valence-corrected chi connectivity index (χ1v) is 10.0. The van der Waals surface area contributed by atoms with Gasteiger partial charge in [0.05, 0.1) is 6.10 Å². The lowest BCUT2D eigenvalue weighted by Crippen LogP contribution is -2.57. The number of ketones is 1. The van der Waals surface area contributed by atoms with E-state index < -0.39 is 0 Å². The monoisotopic (exact) mass is 328 g/mol. The summed E-state index contributed by atoms with van der Waals surface area (Å²) >= 11 is 0. The molecule has 0 unspecified atom stereocenters. The number of aliphatic hydroxyl groups is 1. The molecule has 0 aromatic carbocycles. The molecule has 0 saturated heterocycles. The third kappa shape index (κ3) is 2.08. The molecule has 0 spiro atoms. The van der Waals surface area contributed by atoms with Crippen molar-refractivity contribution in [3.8, 4) is 0 Å². The van der Waals surface area contributed by atoms with Gasteiger partial charge in [0, 0.05) is 11.8 Å². The van der Waals surface area contributed by atoms with Crippen LogP contribution in [0, 0.1) is 34.5 Å². The normalized spacial score (nSPS) is 50.6. The van der Waals surface area contributed by atoms with Crippen LogP contribution in [0.4, 0.5) is 0 Å².